The average molecular weight is 636 g/mol. The number of fused-ring (bicyclic) bond motifs is 1. The Morgan fingerprint density at radius 3 is 2.55 bits per heavy atom. The summed E-state index contributed by atoms with van der Waals surface area (Å²) in [5, 5.41) is 5.29. The standard InChI is InChI=1S/C27H28Cl2F5N5O3/c1-38-7-3-4-19(38)26(41)35-11-14-5-6-17(28)15(24(14)29)9-23-37-18-8-16(25(40)36-13-27(32,33)34)21(42-12-22(30)31)10-20(18)39(23)2/h5-6,8,10,19,22H,3-4,7,9,11-13H2,1-2H3,(H,35,41)(H,36,40). The quantitative estimate of drug-likeness (QED) is 0.302. The maximum Gasteiger partial charge on any atom is 0.405 e. The molecule has 15 heteroatoms. The number of hydrogen-bond donors (Lipinski definition) is 2. The minimum absolute atomic E-state index is 0.0992. The predicted molar refractivity (Wildman–Crippen MR) is 147 cm³/mol. The molecule has 2 aromatic carbocycles. The van der Waals surface area contributed by atoms with Crippen LogP contribution in [0.25, 0.3) is 11.0 Å². The summed E-state index contributed by atoms with van der Waals surface area (Å²) in [6.07, 6.45) is -5.73. The summed E-state index contributed by atoms with van der Waals surface area (Å²) in [6.45, 7) is -1.66. The molecule has 1 unspecified atom stereocenters. The SMILES string of the molecule is CN1CCCC1C(=O)NCc1ccc(Cl)c(Cc2nc3cc(C(=O)NCC(F)(F)F)c(OCC(F)F)cc3n2C)c1Cl. The number of aryl methyl sites for hydroxylation is 1. The van der Waals surface area contributed by atoms with Crippen LogP contribution >= 0.6 is 23.2 Å². The summed E-state index contributed by atoms with van der Waals surface area (Å²) in [4.78, 5) is 31.7. The van der Waals surface area contributed by atoms with Crippen molar-refractivity contribution in [1.29, 1.82) is 0 Å². The average Bonchev–Trinajstić information content (AvgIpc) is 3.49. The van der Waals surface area contributed by atoms with Gasteiger partial charge >= 0.3 is 6.18 Å². The Balaban J connectivity index is 1.61. The third kappa shape index (κ3) is 7.42. The summed E-state index contributed by atoms with van der Waals surface area (Å²) >= 11 is 13.2. The van der Waals surface area contributed by atoms with Gasteiger partial charge in [0.1, 0.15) is 24.7 Å². The van der Waals surface area contributed by atoms with Crippen LogP contribution in [-0.4, -0.2) is 71.7 Å². The molecule has 0 spiro atoms. The number of alkyl halides is 5. The van der Waals surface area contributed by atoms with Gasteiger partial charge in [0.25, 0.3) is 12.3 Å². The molecule has 8 nitrogen and oxygen atoms in total. The van der Waals surface area contributed by atoms with Crippen LogP contribution in [0.15, 0.2) is 24.3 Å². The van der Waals surface area contributed by atoms with Crippen molar-refractivity contribution in [2.75, 3.05) is 26.7 Å². The van der Waals surface area contributed by atoms with Crippen LogP contribution in [-0.2, 0) is 24.8 Å². The van der Waals surface area contributed by atoms with Gasteiger partial charge in [0.15, 0.2) is 0 Å². The molecule has 228 valence electrons. The number of ether oxygens (including phenoxy) is 1. The molecular weight excluding hydrogens is 608 g/mol. The second-order valence-electron chi connectivity index (χ2n) is 9.96. The van der Waals surface area contributed by atoms with Crippen molar-refractivity contribution in [2.24, 2.45) is 7.05 Å². The predicted octanol–water partition coefficient (Wildman–Crippen LogP) is 5.12. The van der Waals surface area contributed by atoms with Crippen LogP contribution in [0.2, 0.25) is 10.0 Å². The van der Waals surface area contributed by atoms with Crippen LogP contribution in [0.1, 0.15) is 40.2 Å². The molecule has 1 atom stereocenters. The number of imidazole rings is 1. The highest BCUT2D eigenvalue weighted by Crippen LogP contribution is 2.33. The van der Waals surface area contributed by atoms with E-state index in [9.17, 15) is 31.5 Å². The van der Waals surface area contributed by atoms with Gasteiger partial charge in [0.2, 0.25) is 5.91 Å². The molecule has 2 N–H and O–H groups in total. The highest BCUT2D eigenvalue weighted by atomic mass is 35.5. The van der Waals surface area contributed by atoms with Crippen molar-refractivity contribution >= 4 is 46.0 Å². The molecule has 1 aliphatic rings. The number of likely N-dealkylation sites (N-methyl/N-ethyl adjacent to an activating group) is 1. The molecule has 1 fully saturated rings. The van der Waals surface area contributed by atoms with Crippen LogP contribution in [0.4, 0.5) is 22.0 Å². The van der Waals surface area contributed by atoms with Gasteiger partial charge in [-0.15, -0.1) is 0 Å². The fraction of sp³-hybridized carbons (Fsp3) is 0.444. The molecule has 2 amide bonds. The normalized spacial score (nSPS) is 15.9. The van der Waals surface area contributed by atoms with E-state index in [1.165, 1.54) is 12.1 Å². The van der Waals surface area contributed by atoms with Gasteiger partial charge in [-0.1, -0.05) is 29.3 Å². The van der Waals surface area contributed by atoms with Gasteiger partial charge in [-0.3, -0.25) is 14.5 Å². The van der Waals surface area contributed by atoms with Crippen LogP contribution in [0.3, 0.4) is 0 Å². The minimum atomic E-state index is -4.68. The van der Waals surface area contributed by atoms with Gasteiger partial charge in [0.05, 0.1) is 27.7 Å². The molecular formula is C27H28Cl2F5N5O3. The van der Waals surface area contributed by atoms with E-state index in [1.807, 2.05) is 11.9 Å². The fourth-order valence-electron chi connectivity index (χ4n) is 4.80. The Kier molecular flexibility index (Phi) is 9.84. The zero-order valence-electron chi connectivity index (χ0n) is 22.6. The molecule has 1 saturated heterocycles. The number of nitrogens with one attached hydrogen (secondary N) is 2. The lowest BCUT2D eigenvalue weighted by atomic mass is 10.1. The smallest absolute Gasteiger partial charge is 0.405 e. The first-order valence-corrected chi connectivity index (χ1v) is 13.7. The van der Waals surface area contributed by atoms with E-state index in [-0.39, 0.29) is 41.7 Å². The highest BCUT2D eigenvalue weighted by Gasteiger charge is 2.30. The second-order valence-corrected chi connectivity index (χ2v) is 10.7. The van der Waals surface area contributed by atoms with E-state index in [4.69, 9.17) is 27.9 Å². The number of rotatable bonds is 10. The van der Waals surface area contributed by atoms with E-state index in [0.29, 0.717) is 32.5 Å². The summed E-state index contributed by atoms with van der Waals surface area (Å²) in [5.41, 5.74) is 1.36. The molecule has 2 heterocycles. The van der Waals surface area contributed by atoms with E-state index in [0.717, 1.165) is 19.4 Å². The largest absolute Gasteiger partial charge is 0.487 e. The Morgan fingerprint density at radius 2 is 1.90 bits per heavy atom. The van der Waals surface area contributed by atoms with E-state index >= 15 is 0 Å². The lowest BCUT2D eigenvalue weighted by molar-refractivity contribution is -0.125. The maximum absolute atomic E-state index is 12.9. The summed E-state index contributed by atoms with van der Waals surface area (Å²) in [5.74, 6) is -1.16. The van der Waals surface area contributed by atoms with Gasteiger partial charge in [0, 0.05) is 31.1 Å². The van der Waals surface area contributed by atoms with E-state index in [2.05, 4.69) is 10.3 Å². The van der Waals surface area contributed by atoms with Gasteiger partial charge < -0.3 is 19.9 Å². The monoisotopic (exact) mass is 635 g/mol. The number of benzene rings is 2. The number of amides is 2. The fourth-order valence-corrected chi connectivity index (χ4v) is 5.37. The number of carbonyl (C=O) groups is 2. The Bertz CT molecular complexity index is 1480. The summed E-state index contributed by atoms with van der Waals surface area (Å²) < 4.78 is 70.4. The molecule has 4 rings (SSSR count). The zero-order chi connectivity index (χ0) is 30.8. The first-order valence-electron chi connectivity index (χ1n) is 12.9. The van der Waals surface area contributed by atoms with Crippen molar-refractivity contribution in [1.82, 2.24) is 25.1 Å². The van der Waals surface area contributed by atoms with Crippen molar-refractivity contribution in [2.45, 2.75) is 44.5 Å². The van der Waals surface area contributed by atoms with Crippen LogP contribution in [0.5, 0.6) is 5.75 Å². The molecule has 0 saturated carbocycles. The number of likely N-dealkylation sites (tertiary alicyclic amines) is 1. The number of halogens is 7. The summed E-state index contributed by atoms with van der Waals surface area (Å²) in [7, 11) is 3.53. The Labute approximate surface area is 248 Å². The topological polar surface area (TPSA) is 88.5 Å². The lowest BCUT2D eigenvalue weighted by Crippen LogP contribution is -2.41. The summed E-state index contributed by atoms with van der Waals surface area (Å²) in [6, 6.07) is 5.60. The number of carbonyl (C=O) groups excluding carboxylic acids is 2. The van der Waals surface area contributed by atoms with Crippen LogP contribution in [0, 0.1) is 0 Å². The van der Waals surface area contributed by atoms with Gasteiger partial charge in [-0.25, -0.2) is 13.8 Å². The van der Waals surface area contributed by atoms with Crippen molar-refractivity contribution in [3.63, 3.8) is 0 Å². The number of aromatic nitrogens is 2. The number of hydrogen-bond acceptors (Lipinski definition) is 5. The van der Waals surface area contributed by atoms with E-state index < -0.39 is 31.7 Å². The molecule has 0 radical (unpaired) electrons. The Morgan fingerprint density at radius 1 is 1.17 bits per heavy atom. The molecule has 3 aromatic rings. The first-order chi connectivity index (χ1) is 19.7. The molecule has 42 heavy (non-hydrogen) atoms. The maximum atomic E-state index is 12.9. The van der Waals surface area contributed by atoms with Gasteiger partial charge in [-0.05, 0) is 49.7 Å². The van der Waals surface area contributed by atoms with Crippen molar-refractivity contribution in [3.8, 4) is 5.75 Å². The zero-order valence-corrected chi connectivity index (χ0v) is 24.1. The number of nitrogens with zero attached hydrogens (tertiary/aromatic N) is 3. The molecule has 0 aliphatic carbocycles. The van der Waals surface area contributed by atoms with Crippen molar-refractivity contribution < 1.29 is 36.3 Å². The van der Waals surface area contributed by atoms with Crippen LogP contribution < -0.4 is 15.4 Å². The lowest BCUT2D eigenvalue weighted by Gasteiger charge is -2.19. The van der Waals surface area contributed by atoms with Crippen molar-refractivity contribution in [3.05, 3.63) is 56.8 Å². The first kappa shape index (κ1) is 31.8. The molecule has 0 bridgehead atoms. The second kappa shape index (κ2) is 13.0. The van der Waals surface area contributed by atoms with E-state index in [1.54, 1.807) is 29.1 Å². The highest BCUT2D eigenvalue weighted by molar-refractivity contribution is 6.36. The molecule has 1 aliphatic heterocycles. The minimum Gasteiger partial charge on any atom is -0.487 e. The molecule has 1 aromatic heterocycles. The van der Waals surface area contributed by atoms with Gasteiger partial charge in [-0.2, -0.15) is 13.2 Å². The third-order valence-electron chi connectivity index (χ3n) is 7.01. The Hall–Kier alpha value is -3.16. The third-order valence-corrected chi connectivity index (χ3v) is 7.84.